The van der Waals surface area contributed by atoms with E-state index in [-0.39, 0.29) is 9.92 Å². The lowest BCUT2D eigenvalue weighted by Gasteiger charge is -2.10. The first-order valence-corrected chi connectivity index (χ1v) is 8.36. The molecule has 0 amide bonds. The summed E-state index contributed by atoms with van der Waals surface area (Å²) in [7, 11) is -3.52. The van der Waals surface area contributed by atoms with Gasteiger partial charge in [0.2, 0.25) is 10.0 Å². The first-order valence-electron chi connectivity index (χ1n) is 6.50. The molecule has 0 unspecified atom stereocenters. The minimum atomic E-state index is -3.52. The van der Waals surface area contributed by atoms with E-state index >= 15 is 0 Å². The quantitative estimate of drug-likeness (QED) is 0.726. The highest BCUT2D eigenvalue weighted by Crippen LogP contribution is 2.22. The van der Waals surface area contributed by atoms with E-state index in [2.05, 4.69) is 17.0 Å². The number of hydrogen-bond acceptors (Lipinski definition) is 3. The Bertz CT molecular complexity index is 503. The number of hydrogen-bond donors (Lipinski definition) is 2. The summed E-state index contributed by atoms with van der Waals surface area (Å²) in [4.78, 5) is 0.151. The van der Waals surface area contributed by atoms with Crippen LogP contribution >= 0.6 is 11.6 Å². The zero-order valence-electron chi connectivity index (χ0n) is 11.4. The maximum atomic E-state index is 12.1. The summed E-state index contributed by atoms with van der Waals surface area (Å²) < 4.78 is 26.7. The first-order chi connectivity index (χ1) is 9.01. The summed E-state index contributed by atoms with van der Waals surface area (Å²) in [5, 5.41) is 3.49. The van der Waals surface area contributed by atoms with Crippen LogP contribution in [0, 0.1) is 0 Å². The second-order valence-corrected chi connectivity index (χ2v) is 6.48. The van der Waals surface area contributed by atoms with E-state index in [1.165, 1.54) is 0 Å². The van der Waals surface area contributed by atoms with Gasteiger partial charge in [0.25, 0.3) is 0 Å². The minimum Gasteiger partial charge on any atom is -0.313 e. The predicted octanol–water partition coefficient (Wildman–Crippen LogP) is 2.53. The molecule has 0 aliphatic heterocycles. The van der Waals surface area contributed by atoms with Gasteiger partial charge in [-0.25, -0.2) is 13.1 Å². The Labute approximate surface area is 120 Å². The van der Waals surface area contributed by atoms with Gasteiger partial charge in [0, 0.05) is 13.1 Å². The van der Waals surface area contributed by atoms with E-state index in [1.54, 1.807) is 12.1 Å². The Kier molecular flexibility index (Phi) is 6.79. The van der Waals surface area contributed by atoms with Crippen molar-refractivity contribution in [3.8, 4) is 0 Å². The van der Waals surface area contributed by atoms with Crippen LogP contribution in [0.25, 0.3) is 0 Å². The fourth-order valence-corrected chi connectivity index (χ4v) is 3.27. The molecule has 1 rings (SSSR count). The molecule has 0 aromatic heterocycles. The van der Waals surface area contributed by atoms with Crippen LogP contribution in [-0.4, -0.2) is 21.5 Å². The fraction of sp³-hybridized carbons (Fsp3) is 0.538. The van der Waals surface area contributed by atoms with E-state index in [0.717, 1.165) is 24.9 Å². The highest BCUT2D eigenvalue weighted by molar-refractivity contribution is 7.89. The second-order valence-electron chi connectivity index (χ2n) is 4.34. The van der Waals surface area contributed by atoms with Gasteiger partial charge in [-0.05, 0) is 37.1 Å². The smallest absolute Gasteiger partial charge is 0.242 e. The molecule has 4 nitrogen and oxygen atoms in total. The van der Waals surface area contributed by atoms with Crippen molar-refractivity contribution in [2.45, 2.75) is 38.1 Å². The highest BCUT2D eigenvalue weighted by Gasteiger charge is 2.17. The van der Waals surface area contributed by atoms with Crippen LogP contribution in [0.2, 0.25) is 5.02 Å². The fourth-order valence-electron chi connectivity index (χ4n) is 1.59. The van der Waals surface area contributed by atoms with Crippen molar-refractivity contribution in [3.63, 3.8) is 0 Å². The Balaban J connectivity index is 2.90. The van der Waals surface area contributed by atoms with Crippen molar-refractivity contribution in [3.05, 3.63) is 28.8 Å². The van der Waals surface area contributed by atoms with E-state index in [0.29, 0.717) is 13.1 Å². The average Bonchev–Trinajstić information content (AvgIpc) is 2.38. The lowest BCUT2D eigenvalue weighted by Crippen LogP contribution is -2.25. The van der Waals surface area contributed by atoms with E-state index < -0.39 is 10.0 Å². The Morgan fingerprint density at radius 3 is 2.47 bits per heavy atom. The van der Waals surface area contributed by atoms with Crippen LogP contribution in [0.5, 0.6) is 0 Å². The molecule has 0 fully saturated rings. The van der Waals surface area contributed by atoms with Crippen LogP contribution in [0.4, 0.5) is 0 Å². The van der Waals surface area contributed by atoms with E-state index in [1.807, 2.05) is 13.0 Å². The zero-order valence-corrected chi connectivity index (χ0v) is 12.9. The first kappa shape index (κ1) is 16.4. The standard InChI is InChI=1S/C13H21ClN2O2S/c1-3-7-15-10-11-5-6-12(14)13(9-11)19(17,18)16-8-4-2/h5-6,9,15-16H,3-4,7-8,10H2,1-2H3. The molecule has 0 heterocycles. The lowest BCUT2D eigenvalue weighted by molar-refractivity contribution is 0.580. The molecule has 6 heteroatoms. The van der Waals surface area contributed by atoms with Gasteiger partial charge in [0.05, 0.1) is 5.02 Å². The molecule has 2 N–H and O–H groups in total. The van der Waals surface area contributed by atoms with Crippen molar-refractivity contribution < 1.29 is 8.42 Å². The lowest BCUT2D eigenvalue weighted by atomic mass is 10.2. The van der Waals surface area contributed by atoms with Gasteiger partial charge in [0.1, 0.15) is 4.90 Å². The maximum absolute atomic E-state index is 12.1. The van der Waals surface area contributed by atoms with Crippen molar-refractivity contribution in [1.82, 2.24) is 10.0 Å². The van der Waals surface area contributed by atoms with Gasteiger partial charge in [-0.2, -0.15) is 0 Å². The number of halogens is 1. The van der Waals surface area contributed by atoms with Gasteiger partial charge in [0.15, 0.2) is 0 Å². The Morgan fingerprint density at radius 1 is 1.16 bits per heavy atom. The Morgan fingerprint density at radius 2 is 1.84 bits per heavy atom. The summed E-state index contributed by atoms with van der Waals surface area (Å²) in [5.74, 6) is 0. The summed E-state index contributed by atoms with van der Waals surface area (Å²) >= 11 is 5.98. The van der Waals surface area contributed by atoms with Crippen molar-refractivity contribution in [2.24, 2.45) is 0 Å². The molecule has 19 heavy (non-hydrogen) atoms. The van der Waals surface area contributed by atoms with Gasteiger partial charge in [-0.15, -0.1) is 0 Å². The minimum absolute atomic E-state index is 0.151. The molecule has 0 aliphatic rings. The molecular weight excluding hydrogens is 284 g/mol. The monoisotopic (exact) mass is 304 g/mol. The molecule has 0 saturated carbocycles. The zero-order chi connectivity index (χ0) is 14.3. The van der Waals surface area contributed by atoms with Crippen molar-refractivity contribution in [1.29, 1.82) is 0 Å². The van der Waals surface area contributed by atoms with Crippen molar-refractivity contribution >= 4 is 21.6 Å². The highest BCUT2D eigenvalue weighted by atomic mass is 35.5. The largest absolute Gasteiger partial charge is 0.313 e. The molecule has 108 valence electrons. The molecule has 0 aliphatic carbocycles. The molecule has 0 atom stereocenters. The molecule has 1 aromatic rings. The predicted molar refractivity (Wildman–Crippen MR) is 78.9 cm³/mol. The SMILES string of the molecule is CCCNCc1ccc(Cl)c(S(=O)(=O)NCCC)c1. The number of nitrogens with one attached hydrogen (secondary N) is 2. The topological polar surface area (TPSA) is 58.2 Å². The third kappa shape index (κ3) is 5.10. The van der Waals surface area contributed by atoms with Crippen LogP contribution in [0.1, 0.15) is 32.3 Å². The molecule has 0 spiro atoms. The summed E-state index contributed by atoms with van der Waals surface area (Å²) in [6.07, 6.45) is 1.78. The molecule has 0 radical (unpaired) electrons. The number of sulfonamides is 1. The van der Waals surface area contributed by atoms with Crippen LogP contribution in [0.15, 0.2) is 23.1 Å². The third-order valence-electron chi connectivity index (χ3n) is 2.58. The number of benzene rings is 1. The maximum Gasteiger partial charge on any atom is 0.242 e. The number of rotatable bonds is 8. The normalized spacial score (nSPS) is 11.7. The summed E-state index contributed by atoms with van der Waals surface area (Å²) in [6, 6.07) is 5.10. The molecule has 1 aromatic carbocycles. The van der Waals surface area contributed by atoms with Crippen LogP contribution in [-0.2, 0) is 16.6 Å². The summed E-state index contributed by atoms with van der Waals surface area (Å²) in [5.41, 5.74) is 0.912. The second kappa shape index (κ2) is 7.85. The van der Waals surface area contributed by atoms with Gasteiger partial charge in [-0.1, -0.05) is 31.5 Å². The van der Waals surface area contributed by atoms with E-state index in [4.69, 9.17) is 11.6 Å². The molecule has 0 saturated heterocycles. The van der Waals surface area contributed by atoms with Crippen LogP contribution < -0.4 is 10.0 Å². The van der Waals surface area contributed by atoms with Crippen molar-refractivity contribution in [2.75, 3.05) is 13.1 Å². The van der Waals surface area contributed by atoms with Crippen LogP contribution in [0.3, 0.4) is 0 Å². The molecular formula is C13H21ClN2O2S. The Hall–Kier alpha value is -0.620. The average molecular weight is 305 g/mol. The van der Waals surface area contributed by atoms with Gasteiger partial charge in [-0.3, -0.25) is 0 Å². The summed E-state index contributed by atoms with van der Waals surface area (Å²) in [6.45, 7) is 5.95. The van der Waals surface area contributed by atoms with E-state index in [9.17, 15) is 8.42 Å². The van der Waals surface area contributed by atoms with Gasteiger partial charge < -0.3 is 5.32 Å². The molecule has 0 bridgehead atoms. The third-order valence-corrected chi connectivity index (χ3v) is 4.53. The van der Waals surface area contributed by atoms with Gasteiger partial charge >= 0.3 is 0 Å².